The Balaban J connectivity index is 2.38. The van der Waals surface area contributed by atoms with E-state index in [9.17, 15) is 14.4 Å². The number of amides is 1. The number of nitrogens with zero attached hydrogens (tertiary/aromatic N) is 1. The third kappa shape index (κ3) is 3.10. The Labute approximate surface area is 129 Å². The first-order chi connectivity index (χ1) is 10.6. The highest BCUT2D eigenvalue weighted by molar-refractivity contribution is 6.13. The predicted molar refractivity (Wildman–Crippen MR) is 79.9 cm³/mol. The summed E-state index contributed by atoms with van der Waals surface area (Å²) in [5.74, 6) is -1.76. The van der Waals surface area contributed by atoms with E-state index in [1.165, 1.54) is 4.90 Å². The summed E-state index contributed by atoms with van der Waals surface area (Å²) in [5.41, 5.74) is 0.809. The van der Waals surface area contributed by atoms with Gasteiger partial charge >= 0.3 is 12.1 Å². The van der Waals surface area contributed by atoms with Crippen molar-refractivity contribution in [2.75, 3.05) is 24.7 Å². The summed E-state index contributed by atoms with van der Waals surface area (Å²) in [5, 5.41) is 0. The van der Waals surface area contributed by atoms with E-state index < -0.39 is 18.0 Å². The first kappa shape index (κ1) is 16.0. The lowest BCUT2D eigenvalue weighted by atomic mass is 9.95. The summed E-state index contributed by atoms with van der Waals surface area (Å²) in [4.78, 5) is 38.1. The normalized spacial score (nSPS) is 17.5. The molecule has 0 radical (unpaired) electrons. The van der Waals surface area contributed by atoms with Gasteiger partial charge in [-0.1, -0.05) is 12.1 Å². The largest absolute Gasteiger partial charge is 0.465 e. The van der Waals surface area contributed by atoms with Gasteiger partial charge in [-0.05, 0) is 32.4 Å². The van der Waals surface area contributed by atoms with E-state index in [0.717, 1.165) is 0 Å². The maximum atomic E-state index is 12.6. The molecule has 6 nitrogen and oxygen atoms in total. The van der Waals surface area contributed by atoms with Gasteiger partial charge in [-0.25, -0.2) is 4.79 Å². The van der Waals surface area contributed by atoms with Crippen LogP contribution in [0, 0.1) is 5.92 Å². The molecule has 118 valence electrons. The second-order valence-corrected chi connectivity index (χ2v) is 4.83. The molecule has 0 bridgehead atoms. The third-order valence-corrected chi connectivity index (χ3v) is 3.48. The molecule has 0 saturated heterocycles. The van der Waals surface area contributed by atoms with Gasteiger partial charge in [-0.2, -0.15) is 0 Å². The zero-order chi connectivity index (χ0) is 16.1. The summed E-state index contributed by atoms with van der Waals surface area (Å²) < 4.78 is 10.0. The zero-order valence-corrected chi connectivity index (χ0v) is 12.7. The van der Waals surface area contributed by atoms with E-state index in [4.69, 9.17) is 9.47 Å². The van der Waals surface area contributed by atoms with Crippen LogP contribution in [-0.4, -0.2) is 37.6 Å². The second kappa shape index (κ2) is 7.06. The van der Waals surface area contributed by atoms with E-state index >= 15 is 0 Å². The molecule has 1 heterocycles. The number of para-hydroxylation sites is 1. The maximum absolute atomic E-state index is 12.6. The summed E-state index contributed by atoms with van der Waals surface area (Å²) >= 11 is 0. The minimum absolute atomic E-state index is 0.213. The van der Waals surface area contributed by atoms with Crippen LogP contribution in [0.3, 0.4) is 0 Å². The van der Waals surface area contributed by atoms with Gasteiger partial charge in [0.15, 0.2) is 5.78 Å². The van der Waals surface area contributed by atoms with Crippen LogP contribution in [-0.2, 0) is 14.3 Å². The third-order valence-electron chi connectivity index (χ3n) is 3.48. The minimum atomic E-state index is -0.888. The van der Waals surface area contributed by atoms with Crippen LogP contribution in [0.4, 0.5) is 10.5 Å². The van der Waals surface area contributed by atoms with Crippen LogP contribution in [0.5, 0.6) is 0 Å². The van der Waals surface area contributed by atoms with Crippen LogP contribution in [0.2, 0.25) is 0 Å². The standard InChI is InChI=1S/C16H19NO5/c1-3-21-15(19)12-9-10-17(16(20)22-4-2)13-8-6-5-7-11(13)14(12)18/h5-8,12H,3-4,9-10H2,1-2H3. The Morgan fingerprint density at radius 1 is 1.18 bits per heavy atom. The fourth-order valence-electron chi connectivity index (χ4n) is 2.47. The molecule has 0 saturated carbocycles. The lowest BCUT2D eigenvalue weighted by Crippen LogP contribution is -2.33. The molecule has 22 heavy (non-hydrogen) atoms. The summed E-state index contributed by atoms with van der Waals surface area (Å²) in [6, 6.07) is 6.73. The molecule has 6 heteroatoms. The number of anilines is 1. The summed E-state index contributed by atoms with van der Waals surface area (Å²) in [6.45, 7) is 4.09. The number of fused-ring (bicyclic) bond motifs is 1. The molecule has 0 aliphatic carbocycles. The maximum Gasteiger partial charge on any atom is 0.414 e. The number of ketones is 1. The Morgan fingerprint density at radius 2 is 1.86 bits per heavy atom. The van der Waals surface area contributed by atoms with Gasteiger partial charge in [0.05, 0.1) is 18.9 Å². The van der Waals surface area contributed by atoms with Crippen molar-refractivity contribution in [1.29, 1.82) is 0 Å². The van der Waals surface area contributed by atoms with E-state index in [1.807, 2.05) is 0 Å². The summed E-state index contributed by atoms with van der Waals surface area (Å²) in [7, 11) is 0. The fourth-order valence-corrected chi connectivity index (χ4v) is 2.47. The number of hydrogen-bond acceptors (Lipinski definition) is 5. The van der Waals surface area contributed by atoms with Crippen LogP contribution < -0.4 is 4.90 Å². The molecule has 1 aliphatic rings. The Morgan fingerprint density at radius 3 is 2.55 bits per heavy atom. The Bertz CT molecular complexity index is 584. The zero-order valence-electron chi connectivity index (χ0n) is 12.7. The lowest BCUT2D eigenvalue weighted by Gasteiger charge is -2.21. The van der Waals surface area contributed by atoms with Crippen LogP contribution in [0.1, 0.15) is 30.6 Å². The Hall–Kier alpha value is -2.37. The molecule has 0 spiro atoms. The predicted octanol–water partition coefficient (Wildman–Crippen LogP) is 2.42. The van der Waals surface area contributed by atoms with Crippen molar-refractivity contribution in [3.8, 4) is 0 Å². The van der Waals surface area contributed by atoms with Gasteiger partial charge in [0.2, 0.25) is 0 Å². The molecule has 1 amide bonds. The molecule has 2 rings (SSSR count). The van der Waals surface area contributed by atoms with Crippen molar-refractivity contribution in [3.63, 3.8) is 0 Å². The van der Waals surface area contributed by atoms with Crippen molar-refractivity contribution in [2.45, 2.75) is 20.3 Å². The number of ether oxygens (including phenoxy) is 2. The van der Waals surface area contributed by atoms with Crippen molar-refractivity contribution >= 4 is 23.5 Å². The molecular weight excluding hydrogens is 286 g/mol. The van der Waals surface area contributed by atoms with Crippen LogP contribution in [0.25, 0.3) is 0 Å². The monoisotopic (exact) mass is 305 g/mol. The smallest absolute Gasteiger partial charge is 0.414 e. The van der Waals surface area contributed by atoms with Gasteiger partial charge in [-0.3, -0.25) is 14.5 Å². The van der Waals surface area contributed by atoms with Crippen molar-refractivity contribution in [2.24, 2.45) is 5.92 Å². The highest BCUT2D eigenvalue weighted by atomic mass is 16.6. The quantitative estimate of drug-likeness (QED) is 0.633. The van der Waals surface area contributed by atoms with Gasteiger partial charge in [0.25, 0.3) is 0 Å². The number of Topliss-reactive ketones (excluding diaryl/α,β-unsaturated/α-hetero) is 1. The molecule has 0 N–H and O–H groups in total. The Kier molecular flexibility index (Phi) is 5.14. The number of carbonyl (C=O) groups excluding carboxylic acids is 3. The summed E-state index contributed by atoms with van der Waals surface area (Å²) in [6.07, 6.45) is -0.308. The van der Waals surface area contributed by atoms with Gasteiger partial charge in [-0.15, -0.1) is 0 Å². The molecule has 1 atom stereocenters. The molecule has 1 unspecified atom stereocenters. The molecule has 1 aromatic carbocycles. The second-order valence-electron chi connectivity index (χ2n) is 4.83. The average Bonchev–Trinajstić information content (AvgIpc) is 2.65. The molecule has 1 aliphatic heterocycles. The number of rotatable bonds is 3. The molecular formula is C16H19NO5. The molecule has 0 fully saturated rings. The van der Waals surface area contributed by atoms with Gasteiger partial charge in [0.1, 0.15) is 5.92 Å². The van der Waals surface area contributed by atoms with Crippen LogP contribution >= 0.6 is 0 Å². The number of carbonyl (C=O) groups is 3. The van der Waals surface area contributed by atoms with E-state index in [0.29, 0.717) is 11.3 Å². The minimum Gasteiger partial charge on any atom is -0.465 e. The van der Waals surface area contributed by atoms with Crippen LogP contribution in [0.15, 0.2) is 24.3 Å². The molecule has 1 aromatic rings. The highest BCUT2D eigenvalue weighted by Gasteiger charge is 2.36. The average molecular weight is 305 g/mol. The van der Waals surface area contributed by atoms with Crippen molar-refractivity contribution in [1.82, 2.24) is 0 Å². The topological polar surface area (TPSA) is 72.9 Å². The van der Waals surface area contributed by atoms with Crippen molar-refractivity contribution in [3.05, 3.63) is 29.8 Å². The number of benzene rings is 1. The van der Waals surface area contributed by atoms with Crippen molar-refractivity contribution < 1.29 is 23.9 Å². The highest BCUT2D eigenvalue weighted by Crippen LogP contribution is 2.30. The fraction of sp³-hybridized carbons (Fsp3) is 0.438. The molecule has 0 aromatic heterocycles. The first-order valence-electron chi connectivity index (χ1n) is 7.34. The van der Waals surface area contributed by atoms with Gasteiger partial charge in [0, 0.05) is 12.1 Å². The SMILES string of the molecule is CCOC(=O)C1CCN(C(=O)OCC)c2ccccc2C1=O. The lowest BCUT2D eigenvalue weighted by molar-refractivity contribution is -0.146. The van der Waals surface area contributed by atoms with E-state index in [2.05, 4.69) is 0 Å². The first-order valence-corrected chi connectivity index (χ1v) is 7.34. The van der Waals surface area contributed by atoms with E-state index in [1.54, 1.807) is 38.1 Å². The van der Waals surface area contributed by atoms with E-state index in [-0.39, 0.29) is 32.0 Å². The number of hydrogen-bond donors (Lipinski definition) is 0. The van der Waals surface area contributed by atoms with Gasteiger partial charge < -0.3 is 9.47 Å². The number of esters is 1.